The van der Waals surface area contributed by atoms with Gasteiger partial charge in [-0.3, -0.25) is 0 Å². The van der Waals surface area contributed by atoms with Crippen LogP contribution in [0.15, 0.2) is 107 Å². The molecule has 2 saturated heterocycles. The van der Waals surface area contributed by atoms with Crippen molar-refractivity contribution < 1.29 is 31.8 Å². The highest BCUT2D eigenvalue weighted by Crippen LogP contribution is 2.37. The highest BCUT2D eigenvalue weighted by molar-refractivity contribution is 7.89. The molecule has 0 saturated carbocycles. The number of benzene rings is 4. The third-order valence-corrected chi connectivity index (χ3v) is 13.4. The predicted octanol–water partition coefficient (Wildman–Crippen LogP) is 6.13. The second-order valence-corrected chi connectivity index (χ2v) is 16.7. The Bertz CT molecular complexity index is 1780. The van der Waals surface area contributed by atoms with Crippen LogP contribution in [0.2, 0.25) is 10.0 Å². The summed E-state index contributed by atoms with van der Waals surface area (Å²) in [6.45, 7) is 0.649. The molecule has 0 spiro atoms. The molecule has 9 nitrogen and oxygen atoms in total. The van der Waals surface area contributed by atoms with E-state index in [4.69, 9.17) is 27.9 Å². The topological polar surface area (TPSA) is 124 Å². The van der Waals surface area contributed by atoms with Gasteiger partial charge in [-0.2, -0.15) is 8.61 Å². The maximum absolute atomic E-state index is 13.3. The van der Waals surface area contributed by atoms with Crippen molar-refractivity contribution in [2.75, 3.05) is 26.2 Å². The van der Waals surface area contributed by atoms with E-state index in [1.807, 2.05) is 0 Å². The van der Waals surface area contributed by atoms with Gasteiger partial charge < -0.3 is 14.9 Å². The molecule has 0 bridgehead atoms. The Morgan fingerprint density at radius 1 is 0.511 bits per heavy atom. The highest BCUT2D eigenvalue weighted by atomic mass is 35.5. The monoisotopic (exact) mass is 716 g/mol. The third-order valence-electron chi connectivity index (χ3n) is 9.02. The van der Waals surface area contributed by atoms with E-state index in [1.54, 1.807) is 72.8 Å². The summed E-state index contributed by atoms with van der Waals surface area (Å²) in [6.07, 6.45) is 1.02. The van der Waals surface area contributed by atoms with E-state index in [0.29, 0.717) is 32.7 Å². The predicted molar refractivity (Wildman–Crippen MR) is 180 cm³/mol. The minimum Gasteiger partial charge on any atom is -0.457 e. The van der Waals surface area contributed by atoms with E-state index < -0.39 is 31.2 Å². The molecule has 13 heteroatoms. The van der Waals surface area contributed by atoms with Crippen LogP contribution in [-0.2, 0) is 31.2 Å². The Labute approximate surface area is 285 Å². The fourth-order valence-corrected chi connectivity index (χ4v) is 9.22. The zero-order valence-electron chi connectivity index (χ0n) is 25.3. The summed E-state index contributed by atoms with van der Waals surface area (Å²) < 4.78 is 62.0. The van der Waals surface area contributed by atoms with Crippen LogP contribution in [0.25, 0.3) is 0 Å². The van der Waals surface area contributed by atoms with E-state index in [1.165, 1.54) is 32.9 Å². The molecule has 4 aromatic rings. The van der Waals surface area contributed by atoms with Gasteiger partial charge in [0.25, 0.3) is 0 Å². The standard InChI is InChI=1S/C34H34Cl2N2O7S2/c35-27-5-1-25(2-6-27)33(39)17-21-37(22-18-33)46(41,42)31-13-9-29(10-14-31)45-30-11-15-32(16-12-30)47(43,44)38-23-19-34(40,20-24-38)26-3-7-28(36)8-4-26/h1-16,39-40H,17-24H2. The van der Waals surface area contributed by atoms with Gasteiger partial charge in [0.1, 0.15) is 11.5 Å². The first kappa shape index (κ1) is 33.9. The molecule has 2 N–H and O–H groups in total. The zero-order chi connectivity index (χ0) is 33.5. The lowest BCUT2D eigenvalue weighted by Crippen LogP contribution is -2.45. The van der Waals surface area contributed by atoms with Crippen LogP contribution in [0.3, 0.4) is 0 Å². The molecule has 0 aromatic heterocycles. The maximum atomic E-state index is 13.3. The van der Waals surface area contributed by atoms with Crippen molar-refractivity contribution >= 4 is 43.2 Å². The number of piperidine rings is 2. The lowest BCUT2D eigenvalue weighted by molar-refractivity contribution is -0.0101. The zero-order valence-corrected chi connectivity index (χ0v) is 28.4. The van der Waals surface area contributed by atoms with Crippen molar-refractivity contribution in [1.29, 1.82) is 0 Å². The van der Waals surface area contributed by atoms with E-state index in [2.05, 4.69) is 0 Å². The molecular weight excluding hydrogens is 683 g/mol. The fraction of sp³-hybridized carbons (Fsp3) is 0.294. The number of aliphatic hydroxyl groups is 2. The van der Waals surface area contributed by atoms with Crippen molar-refractivity contribution in [2.24, 2.45) is 0 Å². The maximum Gasteiger partial charge on any atom is 0.243 e. The summed E-state index contributed by atoms with van der Waals surface area (Å²) in [6, 6.07) is 25.9. The Hall–Kier alpha value is -3.00. The minimum atomic E-state index is -3.80. The number of hydrogen-bond acceptors (Lipinski definition) is 7. The number of sulfonamides is 2. The first-order valence-electron chi connectivity index (χ1n) is 15.1. The van der Waals surface area contributed by atoms with Gasteiger partial charge in [0.15, 0.2) is 0 Å². The van der Waals surface area contributed by atoms with Gasteiger partial charge in [0.05, 0.1) is 21.0 Å². The molecule has 2 fully saturated rings. The average Bonchev–Trinajstić information content (AvgIpc) is 3.06. The Morgan fingerprint density at radius 2 is 0.809 bits per heavy atom. The van der Waals surface area contributed by atoms with Crippen LogP contribution >= 0.6 is 23.2 Å². The van der Waals surface area contributed by atoms with Crippen molar-refractivity contribution in [3.63, 3.8) is 0 Å². The molecule has 6 rings (SSSR count). The molecule has 4 aromatic carbocycles. The van der Waals surface area contributed by atoms with E-state index in [0.717, 1.165) is 0 Å². The summed E-state index contributed by atoms with van der Waals surface area (Å²) >= 11 is 11.9. The van der Waals surface area contributed by atoms with Gasteiger partial charge >= 0.3 is 0 Å². The number of rotatable bonds is 8. The summed E-state index contributed by atoms with van der Waals surface area (Å²) in [5.41, 5.74) is -0.832. The third kappa shape index (κ3) is 7.09. The molecule has 47 heavy (non-hydrogen) atoms. The normalized spacial score (nSPS) is 18.9. The molecule has 0 atom stereocenters. The SMILES string of the molecule is O=S(=O)(c1ccc(Oc2ccc(S(=O)(=O)N3CCC(O)(c4ccc(Cl)cc4)CC3)cc2)cc1)N1CCC(O)(c2ccc(Cl)cc2)CC1. The first-order chi connectivity index (χ1) is 22.3. The molecule has 248 valence electrons. The van der Waals surface area contributed by atoms with Gasteiger partial charge in [-0.05, 0) is 110 Å². The van der Waals surface area contributed by atoms with Gasteiger partial charge in [-0.1, -0.05) is 47.5 Å². The van der Waals surface area contributed by atoms with Crippen LogP contribution < -0.4 is 4.74 Å². The summed E-state index contributed by atoms with van der Waals surface area (Å²) in [5, 5.41) is 23.4. The van der Waals surface area contributed by atoms with Crippen LogP contribution in [0.4, 0.5) is 0 Å². The summed E-state index contributed by atoms with van der Waals surface area (Å²) in [7, 11) is -7.59. The van der Waals surface area contributed by atoms with Crippen molar-refractivity contribution in [3.05, 3.63) is 118 Å². The van der Waals surface area contributed by atoms with E-state index in [9.17, 15) is 27.0 Å². The molecule has 0 aliphatic carbocycles. The fourth-order valence-electron chi connectivity index (χ4n) is 6.08. The lowest BCUT2D eigenvalue weighted by atomic mass is 9.85. The molecule has 0 radical (unpaired) electrons. The van der Waals surface area contributed by atoms with E-state index >= 15 is 0 Å². The number of halogens is 2. The Morgan fingerprint density at radius 3 is 1.11 bits per heavy atom. The summed E-state index contributed by atoms with van der Waals surface area (Å²) in [5.74, 6) is 0.765. The second kappa shape index (κ2) is 13.1. The minimum absolute atomic E-state index is 0.104. The number of hydrogen-bond donors (Lipinski definition) is 2. The highest BCUT2D eigenvalue weighted by Gasteiger charge is 2.39. The van der Waals surface area contributed by atoms with Gasteiger partial charge in [0, 0.05) is 36.2 Å². The van der Waals surface area contributed by atoms with Crippen LogP contribution in [-0.4, -0.2) is 61.8 Å². The average molecular weight is 718 g/mol. The molecule has 2 aliphatic heterocycles. The van der Waals surface area contributed by atoms with Gasteiger partial charge in [-0.15, -0.1) is 0 Å². The Kier molecular flexibility index (Phi) is 9.47. The Balaban J connectivity index is 1.05. The number of nitrogens with zero attached hydrogens (tertiary/aromatic N) is 2. The van der Waals surface area contributed by atoms with Crippen LogP contribution in [0.5, 0.6) is 11.5 Å². The van der Waals surface area contributed by atoms with Gasteiger partial charge in [0.2, 0.25) is 20.0 Å². The molecule has 0 amide bonds. The quantitative estimate of drug-likeness (QED) is 0.225. The van der Waals surface area contributed by atoms with E-state index in [-0.39, 0.29) is 61.7 Å². The largest absolute Gasteiger partial charge is 0.457 e. The summed E-state index contributed by atoms with van der Waals surface area (Å²) in [4.78, 5) is 0.209. The molecule has 2 heterocycles. The molecular formula is C34H34Cl2N2O7S2. The van der Waals surface area contributed by atoms with Crippen LogP contribution in [0.1, 0.15) is 36.8 Å². The smallest absolute Gasteiger partial charge is 0.243 e. The van der Waals surface area contributed by atoms with Crippen LogP contribution in [0, 0.1) is 0 Å². The van der Waals surface area contributed by atoms with Crippen molar-refractivity contribution in [2.45, 2.75) is 46.7 Å². The number of ether oxygens (including phenoxy) is 1. The first-order valence-corrected chi connectivity index (χ1v) is 18.8. The molecule has 0 unspecified atom stereocenters. The molecule has 2 aliphatic rings. The second-order valence-electron chi connectivity index (χ2n) is 11.9. The van der Waals surface area contributed by atoms with Gasteiger partial charge in [-0.25, -0.2) is 16.8 Å². The van der Waals surface area contributed by atoms with Crippen molar-refractivity contribution in [1.82, 2.24) is 8.61 Å². The van der Waals surface area contributed by atoms with Crippen molar-refractivity contribution in [3.8, 4) is 11.5 Å². The lowest BCUT2D eigenvalue weighted by Gasteiger charge is -2.38.